The van der Waals surface area contributed by atoms with Gasteiger partial charge in [-0.15, -0.1) is 0 Å². The van der Waals surface area contributed by atoms with E-state index in [4.69, 9.17) is 4.74 Å². The third kappa shape index (κ3) is 2.08. The maximum Gasteiger partial charge on any atom is 0.341 e. The Bertz CT molecular complexity index is 479. The normalized spacial score (nSPS) is 10.1. The summed E-state index contributed by atoms with van der Waals surface area (Å²) in [5.74, 6) is -0.363. The Morgan fingerprint density at radius 3 is 3.06 bits per heavy atom. The summed E-state index contributed by atoms with van der Waals surface area (Å²) in [5.41, 5.74) is 1.24. The van der Waals surface area contributed by atoms with Crippen LogP contribution in [-0.2, 0) is 4.74 Å². The average Bonchev–Trinajstić information content (AvgIpc) is 2.80. The maximum absolute atomic E-state index is 11.4. The second-order valence-corrected chi connectivity index (χ2v) is 3.11. The maximum atomic E-state index is 11.4. The van der Waals surface area contributed by atoms with E-state index in [1.54, 1.807) is 36.3 Å². The molecule has 2 aromatic rings. The molecule has 5 nitrogen and oxygen atoms in total. The molecule has 0 aromatic carbocycles. The molecule has 0 aliphatic rings. The molecule has 0 aliphatic carbocycles. The van der Waals surface area contributed by atoms with Crippen LogP contribution >= 0.6 is 0 Å². The first-order valence-corrected chi connectivity index (χ1v) is 4.93. The largest absolute Gasteiger partial charge is 0.462 e. The monoisotopic (exact) mass is 217 g/mol. The number of rotatable bonds is 3. The highest BCUT2D eigenvalue weighted by atomic mass is 16.5. The Kier molecular flexibility index (Phi) is 2.95. The predicted octanol–water partition coefficient (Wildman–Crippen LogP) is 1.44. The van der Waals surface area contributed by atoms with E-state index in [-0.39, 0.29) is 5.97 Å². The lowest BCUT2D eigenvalue weighted by Crippen LogP contribution is -2.03. The minimum atomic E-state index is -0.363. The molecule has 2 rings (SSSR count). The summed E-state index contributed by atoms with van der Waals surface area (Å²) in [6.45, 7) is 2.13. The molecular formula is C11H11N3O2. The van der Waals surface area contributed by atoms with E-state index in [9.17, 15) is 4.79 Å². The quantitative estimate of drug-likeness (QED) is 0.730. The molecule has 0 unspecified atom stereocenters. The molecule has 0 radical (unpaired) electrons. The summed E-state index contributed by atoms with van der Waals surface area (Å²) >= 11 is 0. The van der Waals surface area contributed by atoms with Crippen LogP contribution in [0.4, 0.5) is 0 Å². The van der Waals surface area contributed by atoms with E-state index in [1.807, 2.05) is 6.07 Å². The molecule has 0 N–H and O–H groups in total. The van der Waals surface area contributed by atoms with Crippen LogP contribution in [0, 0.1) is 0 Å². The lowest BCUT2D eigenvalue weighted by atomic mass is 10.4. The number of hydrogen-bond acceptors (Lipinski definition) is 4. The second kappa shape index (κ2) is 4.57. The Labute approximate surface area is 92.7 Å². The molecule has 0 aliphatic heterocycles. The van der Waals surface area contributed by atoms with Gasteiger partial charge in [0.05, 0.1) is 30.3 Å². The summed E-state index contributed by atoms with van der Waals surface area (Å²) in [7, 11) is 0. The van der Waals surface area contributed by atoms with Crippen molar-refractivity contribution in [2.75, 3.05) is 6.61 Å². The number of hydrogen-bond donors (Lipinski definition) is 0. The van der Waals surface area contributed by atoms with Gasteiger partial charge in [-0.25, -0.2) is 9.48 Å². The highest BCUT2D eigenvalue weighted by Gasteiger charge is 2.09. The fraction of sp³-hybridized carbons (Fsp3) is 0.182. The fourth-order valence-corrected chi connectivity index (χ4v) is 1.27. The number of aromatic nitrogens is 3. The Balaban J connectivity index is 2.23. The SMILES string of the molecule is CCOC(=O)c1cnn(-c2cccnc2)c1. The molecule has 5 heteroatoms. The zero-order chi connectivity index (χ0) is 11.4. The van der Waals surface area contributed by atoms with Gasteiger partial charge in [0.25, 0.3) is 0 Å². The van der Waals surface area contributed by atoms with E-state index in [2.05, 4.69) is 10.1 Å². The molecule has 0 fully saturated rings. The van der Waals surface area contributed by atoms with Gasteiger partial charge in [0.2, 0.25) is 0 Å². The highest BCUT2D eigenvalue weighted by molar-refractivity contribution is 5.88. The Hall–Kier alpha value is -2.17. The molecule has 2 heterocycles. The van der Waals surface area contributed by atoms with Crippen molar-refractivity contribution in [3.8, 4) is 5.69 Å². The van der Waals surface area contributed by atoms with Crippen molar-refractivity contribution in [1.29, 1.82) is 0 Å². The Morgan fingerprint density at radius 1 is 1.50 bits per heavy atom. The van der Waals surface area contributed by atoms with E-state index in [1.165, 1.54) is 6.20 Å². The number of carbonyl (C=O) groups is 1. The van der Waals surface area contributed by atoms with Gasteiger partial charge in [-0.05, 0) is 19.1 Å². The lowest BCUT2D eigenvalue weighted by Gasteiger charge is -1.98. The van der Waals surface area contributed by atoms with Gasteiger partial charge >= 0.3 is 5.97 Å². The van der Waals surface area contributed by atoms with Crippen LogP contribution in [0.2, 0.25) is 0 Å². The summed E-state index contributed by atoms with van der Waals surface area (Å²) in [6, 6.07) is 3.66. The molecule has 0 amide bonds. The average molecular weight is 217 g/mol. The van der Waals surface area contributed by atoms with Crippen molar-refractivity contribution in [2.24, 2.45) is 0 Å². The van der Waals surface area contributed by atoms with Crippen LogP contribution in [0.25, 0.3) is 5.69 Å². The molecule has 0 atom stereocenters. The van der Waals surface area contributed by atoms with Crippen LogP contribution in [-0.4, -0.2) is 27.3 Å². The minimum absolute atomic E-state index is 0.358. The number of esters is 1. The van der Waals surface area contributed by atoms with Crippen molar-refractivity contribution in [2.45, 2.75) is 6.92 Å². The smallest absolute Gasteiger partial charge is 0.341 e. The van der Waals surface area contributed by atoms with Gasteiger partial charge in [-0.3, -0.25) is 4.98 Å². The molecular weight excluding hydrogens is 206 g/mol. The van der Waals surface area contributed by atoms with Crippen LogP contribution < -0.4 is 0 Å². The summed E-state index contributed by atoms with van der Waals surface area (Å²) in [4.78, 5) is 15.4. The topological polar surface area (TPSA) is 57.0 Å². The zero-order valence-electron chi connectivity index (χ0n) is 8.83. The first kappa shape index (κ1) is 10.4. The highest BCUT2D eigenvalue weighted by Crippen LogP contribution is 2.07. The number of carbonyl (C=O) groups excluding carboxylic acids is 1. The second-order valence-electron chi connectivity index (χ2n) is 3.11. The van der Waals surface area contributed by atoms with E-state index < -0.39 is 0 Å². The van der Waals surface area contributed by atoms with Crippen LogP contribution in [0.1, 0.15) is 17.3 Å². The van der Waals surface area contributed by atoms with Crippen molar-refractivity contribution in [1.82, 2.24) is 14.8 Å². The van der Waals surface area contributed by atoms with Gasteiger partial charge in [-0.1, -0.05) is 0 Å². The van der Waals surface area contributed by atoms with Gasteiger partial charge in [0, 0.05) is 12.4 Å². The van der Waals surface area contributed by atoms with E-state index in [0.717, 1.165) is 5.69 Å². The van der Waals surface area contributed by atoms with E-state index >= 15 is 0 Å². The summed E-state index contributed by atoms with van der Waals surface area (Å²) in [5, 5.41) is 4.07. The first-order valence-electron chi connectivity index (χ1n) is 4.93. The van der Waals surface area contributed by atoms with Gasteiger partial charge in [0.15, 0.2) is 0 Å². The lowest BCUT2D eigenvalue weighted by molar-refractivity contribution is 0.0526. The third-order valence-corrected chi connectivity index (χ3v) is 2.00. The third-order valence-electron chi connectivity index (χ3n) is 2.00. The summed E-state index contributed by atoms with van der Waals surface area (Å²) < 4.78 is 6.45. The molecule has 2 aromatic heterocycles. The van der Waals surface area contributed by atoms with Crippen molar-refractivity contribution >= 4 is 5.97 Å². The number of pyridine rings is 1. The van der Waals surface area contributed by atoms with Crippen LogP contribution in [0.3, 0.4) is 0 Å². The Morgan fingerprint density at radius 2 is 2.38 bits per heavy atom. The van der Waals surface area contributed by atoms with Crippen molar-refractivity contribution < 1.29 is 9.53 Å². The van der Waals surface area contributed by atoms with Gasteiger partial charge in [-0.2, -0.15) is 5.10 Å². The van der Waals surface area contributed by atoms with Crippen molar-refractivity contribution in [3.63, 3.8) is 0 Å². The standard InChI is InChI=1S/C11H11N3O2/c1-2-16-11(15)9-6-13-14(8-9)10-4-3-5-12-7-10/h3-8H,2H2,1H3. The van der Waals surface area contributed by atoms with Crippen molar-refractivity contribution in [3.05, 3.63) is 42.5 Å². The molecule has 16 heavy (non-hydrogen) atoms. The number of ether oxygens (including phenoxy) is 1. The minimum Gasteiger partial charge on any atom is -0.462 e. The molecule has 0 bridgehead atoms. The predicted molar refractivity (Wildman–Crippen MR) is 57.3 cm³/mol. The first-order chi connectivity index (χ1) is 7.81. The molecule has 0 spiro atoms. The van der Waals surface area contributed by atoms with Crippen LogP contribution in [0.15, 0.2) is 36.9 Å². The zero-order valence-corrected chi connectivity index (χ0v) is 8.83. The number of nitrogens with zero attached hydrogens (tertiary/aromatic N) is 3. The van der Waals surface area contributed by atoms with Gasteiger partial charge in [0.1, 0.15) is 0 Å². The molecule has 82 valence electrons. The summed E-state index contributed by atoms with van der Waals surface area (Å²) in [6.07, 6.45) is 6.45. The molecule has 0 saturated heterocycles. The molecule has 0 saturated carbocycles. The van der Waals surface area contributed by atoms with Gasteiger partial charge < -0.3 is 4.74 Å². The van der Waals surface area contributed by atoms with Crippen LogP contribution in [0.5, 0.6) is 0 Å². The van der Waals surface area contributed by atoms with E-state index in [0.29, 0.717) is 12.2 Å². The fourth-order valence-electron chi connectivity index (χ4n) is 1.27.